The van der Waals surface area contributed by atoms with Crippen molar-refractivity contribution >= 4 is 20.4 Å². The second-order valence-electron chi connectivity index (χ2n) is 8.27. The number of hydrogen-bond acceptors (Lipinski definition) is 0. The van der Waals surface area contributed by atoms with Crippen LogP contribution in [0.15, 0.2) is 24.3 Å². The fourth-order valence-corrected chi connectivity index (χ4v) is 9.51. The summed E-state index contributed by atoms with van der Waals surface area (Å²) in [4.78, 5) is 0. The van der Waals surface area contributed by atoms with Crippen molar-refractivity contribution in [1.82, 2.24) is 0 Å². The van der Waals surface area contributed by atoms with Gasteiger partial charge in [0.25, 0.3) is 0 Å². The summed E-state index contributed by atoms with van der Waals surface area (Å²) in [5.74, 6) is 1.47. The lowest BCUT2D eigenvalue weighted by molar-refractivity contribution is 0.130. The van der Waals surface area contributed by atoms with E-state index in [4.69, 9.17) is 11.6 Å². The molecule has 0 amide bonds. The fourth-order valence-electron chi connectivity index (χ4n) is 5.17. The van der Waals surface area contributed by atoms with E-state index in [9.17, 15) is 8.78 Å². The van der Waals surface area contributed by atoms with Crippen LogP contribution in [0.2, 0.25) is 22.7 Å². The van der Waals surface area contributed by atoms with Crippen molar-refractivity contribution in [2.24, 2.45) is 5.92 Å². The van der Waals surface area contributed by atoms with E-state index in [1.165, 1.54) is 56.2 Å². The lowest BCUT2D eigenvalue weighted by Crippen LogP contribution is -2.29. The molecule has 1 aromatic rings. The van der Waals surface area contributed by atoms with Gasteiger partial charge in [0.2, 0.25) is 6.43 Å². The summed E-state index contributed by atoms with van der Waals surface area (Å²) in [5, 5.41) is 0.831. The molecule has 1 aliphatic heterocycles. The Morgan fingerprint density at radius 1 is 0.960 bits per heavy atom. The molecule has 0 unspecified atom stereocenters. The maximum absolute atomic E-state index is 12.3. The number of alkyl halides is 2. The zero-order chi connectivity index (χ0) is 17.6. The highest BCUT2D eigenvalue weighted by atomic mass is 35.5. The van der Waals surface area contributed by atoms with Gasteiger partial charge in [0.15, 0.2) is 0 Å². The van der Waals surface area contributed by atoms with E-state index >= 15 is 0 Å². The van der Waals surface area contributed by atoms with Crippen molar-refractivity contribution in [3.63, 3.8) is 0 Å². The average Bonchev–Trinajstić information content (AvgIpc) is 2.63. The highest BCUT2D eigenvalue weighted by Gasteiger charge is 2.32. The molecule has 2 aliphatic rings. The Labute approximate surface area is 158 Å². The van der Waals surface area contributed by atoms with E-state index in [0.717, 1.165) is 35.2 Å². The fraction of sp³-hybridized carbons (Fsp3) is 0.714. The molecule has 1 heterocycles. The molecule has 0 bridgehead atoms. The van der Waals surface area contributed by atoms with Gasteiger partial charge in [0.05, 0.1) is 0 Å². The predicted octanol–water partition coefficient (Wildman–Crippen LogP) is 7.44. The van der Waals surface area contributed by atoms with Crippen LogP contribution in [0, 0.1) is 5.92 Å². The van der Waals surface area contributed by atoms with Crippen LogP contribution < -0.4 is 0 Å². The summed E-state index contributed by atoms with van der Waals surface area (Å²) in [5.41, 5.74) is 2.50. The lowest BCUT2D eigenvalue weighted by Gasteiger charge is -2.37. The van der Waals surface area contributed by atoms with Crippen LogP contribution in [0.3, 0.4) is 0 Å². The van der Waals surface area contributed by atoms with Crippen LogP contribution in [0.5, 0.6) is 0 Å². The van der Waals surface area contributed by atoms with E-state index < -0.39 is 15.2 Å². The summed E-state index contributed by atoms with van der Waals surface area (Å²) in [7, 11) is -0.596. The molecule has 0 aromatic heterocycles. The molecule has 1 aliphatic carbocycles. The maximum Gasteiger partial charge on any atom is 0.238 e. The third-order valence-electron chi connectivity index (χ3n) is 6.71. The van der Waals surface area contributed by atoms with Gasteiger partial charge in [-0.05, 0) is 54.3 Å². The molecule has 3 rings (SSSR count). The molecule has 1 saturated heterocycles. The number of hydrogen-bond donors (Lipinski definition) is 0. The van der Waals surface area contributed by atoms with Crippen LogP contribution in [0.4, 0.5) is 8.78 Å². The van der Waals surface area contributed by atoms with Gasteiger partial charge in [0.1, 0.15) is 0 Å². The average molecular weight is 385 g/mol. The molecule has 0 atom stereocenters. The Bertz CT molecular complexity index is 503. The van der Waals surface area contributed by atoms with Crippen molar-refractivity contribution in [3.05, 3.63) is 34.9 Å². The number of rotatable bonds is 6. The van der Waals surface area contributed by atoms with Gasteiger partial charge in [-0.1, -0.05) is 67.9 Å². The second kappa shape index (κ2) is 9.50. The first kappa shape index (κ1) is 19.4. The van der Waals surface area contributed by atoms with E-state index in [-0.39, 0.29) is 6.42 Å². The monoisotopic (exact) mass is 384 g/mol. The molecule has 0 N–H and O–H groups in total. The molecular formula is C21H31ClF2Si. The predicted molar refractivity (Wildman–Crippen MR) is 106 cm³/mol. The Morgan fingerprint density at radius 2 is 1.60 bits per heavy atom. The third kappa shape index (κ3) is 5.79. The molecule has 0 spiro atoms. The van der Waals surface area contributed by atoms with Gasteiger partial charge >= 0.3 is 0 Å². The molecule has 0 radical (unpaired) electrons. The van der Waals surface area contributed by atoms with Gasteiger partial charge in [-0.25, -0.2) is 8.78 Å². The minimum Gasteiger partial charge on any atom is -0.211 e. The van der Waals surface area contributed by atoms with Crippen LogP contribution in [0.1, 0.15) is 69.3 Å². The second-order valence-corrected chi connectivity index (χ2v) is 12.3. The van der Waals surface area contributed by atoms with E-state index in [1.807, 2.05) is 12.1 Å². The van der Waals surface area contributed by atoms with Gasteiger partial charge in [-0.15, -0.1) is 0 Å². The first-order valence-electron chi connectivity index (χ1n) is 10.2. The van der Waals surface area contributed by atoms with Crippen LogP contribution in [-0.4, -0.2) is 15.2 Å². The summed E-state index contributed by atoms with van der Waals surface area (Å²) in [6.45, 7) is 0. The van der Waals surface area contributed by atoms with Crippen molar-refractivity contribution in [1.29, 1.82) is 0 Å². The first-order chi connectivity index (χ1) is 12.1. The molecule has 2 fully saturated rings. The van der Waals surface area contributed by atoms with Crippen LogP contribution >= 0.6 is 11.6 Å². The standard InChI is InChI=1S/C21H31ClF2Si/c22-19-8-6-17(7-9-19)18-12-14-25(15-13-18)20-10-4-16(5-11-20)2-1-3-21(23)24/h6-9,16,18,20-21,25H,1-5,10-15H2/t16-,18?,20-,25?. The molecule has 140 valence electrons. The van der Waals surface area contributed by atoms with Crippen LogP contribution in [0.25, 0.3) is 0 Å². The smallest absolute Gasteiger partial charge is 0.211 e. The zero-order valence-corrected chi connectivity index (χ0v) is 17.0. The van der Waals surface area contributed by atoms with Crippen molar-refractivity contribution in [2.75, 3.05) is 0 Å². The van der Waals surface area contributed by atoms with Crippen molar-refractivity contribution < 1.29 is 8.78 Å². The zero-order valence-electron chi connectivity index (χ0n) is 15.1. The van der Waals surface area contributed by atoms with Crippen molar-refractivity contribution in [3.8, 4) is 0 Å². The van der Waals surface area contributed by atoms with Gasteiger partial charge in [-0.2, -0.15) is 0 Å². The summed E-state index contributed by atoms with van der Waals surface area (Å²) in [6.07, 6.45) is 7.86. The largest absolute Gasteiger partial charge is 0.238 e. The summed E-state index contributed by atoms with van der Waals surface area (Å²) in [6, 6.07) is 11.5. The number of benzene rings is 1. The number of halogens is 3. The molecular weight excluding hydrogens is 354 g/mol. The first-order valence-corrected chi connectivity index (χ1v) is 12.8. The van der Waals surface area contributed by atoms with Crippen LogP contribution in [-0.2, 0) is 0 Å². The highest BCUT2D eigenvalue weighted by Crippen LogP contribution is 2.44. The minimum atomic E-state index is -2.11. The Morgan fingerprint density at radius 3 is 2.20 bits per heavy atom. The Kier molecular flexibility index (Phi) is 7.35. The molecule has 1 aromatic carbocycles. The highest BCUT2D eigenvalue weighted by molar-refractivity contribution is 6.60. The Balaban J connectivity index is 1.38. The maximum atomic E-state index is 12.3. The van der Waals surface area contributed by atoms with E-state index in [2.05, 4.69) is 12.1 Å². The SMILES string of the molecule is FC(F)CCC[C@H]1CC[C@H]([SiH]2CCC(c3ccc(Cl)cc3)CC2)CC1. The normalized spacial score (nSPS) is 30.6. The topological polar surface area (TPSA) is 0 Å². The quantitative estimate of drug-likeness (QED) is 0.447. The van der Waals surface area contributed by atoms with Gasteiger partial charge < -0.3 is 0 Å². The lowest BCUT2D eigenvalue weighted by atomic mass is 9.85. The molecule has 0 nitrogen and oxygen atoms in total. The molecule has 1 saturated carbocycles. The minimum absolute atomic E-state index is 0.101. The van der Waals surface area contributed by atoms with E-state index in [1.54, 1.807) is 0 Å². The molecule has 4 heteroatoms. The summed E-state index contributed by atoms with van der Waals surface area (Å²) >= 11 is 6.00. The van der Waals surface area contributed by atoms with E-state index in [0.29, 0.717) is 0 Å². The van der Waals surface area contributed by atoms with Gasteiger partial charge in [0, 0.05) is 20.2 Å². The molecule has 25 heavy (non-hydrogen) atoms. The van der Waals surface area contributed by atoms with Crippen molar-refractivity contribution in [2.45, 2.75) is 87.8 Å². The summed E-state index contributed by atoms with van der Waals surface area (Å²) < 4.78 is 24.5. The Hall–Kier alpha value is -0.413. The third-order valence-corrected chi connectivity index (χ3v) is 11.1. The van der Waals surface area contributed by atoms with Gasteiger partial charge in [-0.3, -0.25) is 0 Å².